The molecular formula is C10H20N2O2S. The molecule has 0 heterocycles. The van der Waals surface area contributed by atoms with E-state index in [2.05, 4.69) is 5.32 Å². The fourth-order valence-electron chi connectivity index (χ4n) is 1.07. The van der Waals surface area contributed by atoms with Crippen LogP contribution in [0.3, 0.4) is 0 Å². The maximum atomic E-state index is 11.6. The summed E-state index contributed by atoms with van der Waals surface area (Å²) in [6, 6.07) is 0.110. The molecule has 88 valence electrons. The summed E-state index contributed by atoms with van der Waals surface area (Å²) in [5, 5.41) is 2.65. The summed E-state index contributed by atoms with van der Waals surface area (Å²) in [4.78, 5) is 24.4. The third-order valence-electron chi connectivity index (χ3n) is 1.91. The average molecular weight is 232 g/mol. The Labute approximate surface area is 95.8 Å². The highest BCUT2D eigenvalue weighted by atomic mass is 32.2. The average Bonchev–Trinajstić information content (AvgIpc) is 2.13. The molecule has 1 unspecified atom stereocenters. The first kappa shape index (κ1) is 14.3. The van der Waals surface area contributed by atoms with Gasteiger partial charge in [-0.15, -0.1) is 0 Å². The van der Waals surface area contributed by atoms with Gasteiger partial charge in [0.05, 0.1) is 11.8 Å². The smallest absolute Gasteiger partial charge is 0.239 e. The molecule has 0 saturated heterocycles. The second kappa shape index (κ2) is 6.71. The molecule has 2 amide bonds. The van der Waals surface area contributed by atoms with E-state index in [-0.39, 0.29) is 29.7 Å². The Morgan fingerprint density at radius 3 is 2.27 bits per heavy atom. The molecule has 0 aromatic heterocycles. The molecule has 0 rings (SSSR count). The predicted molar refractivity (Wildman–Crippen MR) is 63.9 cm³/mol. The number of likely N-dealkylation sites (N-methyl/N-ethyl adjacent to an activating group) is 1. The van der Waals surface area contributed by atoms with Crippen molar-refractivity contribution in [3.05, 3.63) is 0 Å². The van der Waals surface area contributed by atoms with Gasteiger partial charge in [0.15, 0.2) is 0 Å². The topological polar surface area (TPSA) is 49.4 Å². The van der Waals surface area contributed by atoms with Gasteiger partial charge in [0.1, 0.15) is 0 Å². The Hall–Kier alpha value is -0.710. The van der Waals surface area contributed by atoms with Crippen LogP contribution in [0.2, 0.25) is 0 Å². The lowest BCUT2D eigenvalue weighted by atomic mass is 10.3. The monoisotopic (exact) mass is 232 g/mol. The van der Waals surface area contributed by atoms with E-state index in [4.69, 9.17) is 0 Å². The van der Waals surface area contributed by atoms with Crippen LogP contribution in [0.4, 0.5) is 0 Å². The maximum Gasteiger partial charge on any atom is 0.239 e. The Morgan fingerprint density at radius 1 is 1.33 bits per heavy atom. The van der Waals surface area contributed by atoms with E-state index in [0.29, 0.717) is 0 Å². The van der Waals surface area contributed by atoms with Crippen molar-refractivity contribution < 1.29 is 9.59 Å². The van der Waals surface area contributed by atoms with Crippen LogP contribution in [0.5, 0.6) is 0 Å². The highest BCUT2D eigenvalue weighted by Crippen LogP contribution is 2.07. The number of thioether (sulfide) groups is 1. The summed E-state index contributed by atoms with van der Waals surface area (Å²) in [7, 11) is 1.65. The van der Waals surface area contributed by atoms with Crippen LogP contribution in [0.1, 0.15) is 20.8 Å². The summed E-state index contributed by atoms with van der Waals surface area (Å²) in [5.41, 5.74) is 0. The lowest BCUT2D eigenvalue weighted by Gasteiger charge is -2.20. The summed E-state index contributed by atoms with van der Waals surface area (Å²) in [5.74, 6) is -0.129. The molecule has 0 saturated carbocycles. The van der Waals surface area contributed by atoms with Crippen LogP contribution in [0, 0.1) is 0 Å². The van der Waals surface area contributed by atoms with Gasteiger partial charge in [0, 0.05) is 13.1 Å². The minimum Gasteiger partial charge on any atom is -0.352 e. The fourth-order valence-corrected chi connectivity index (χ4v) is 1.45. The van der Waals surface area contributed by atoms with E-state index < -0.39 is 0 Å². The molecule has 4 nitrogen and oxygen atoms in total. The molecule has 0 aromatic rings. The molecule has 15 heavy (non-hydrogen) atoms. The number of nitrogens with one attached hydrogen (secondary N) is 1. The lowest BCUT2D eigenvalue weighted by molar-refractivity contribution is -0.134. The zero-order valence-corrected chi connectivity index (χ0v) is 10.9. The first-order chi connectivity index (χ1) is 6.88. The number of nitrogens with zero attached hydrogens (tertiary/aromatic N) is 1. The highest BCUT2D eigenvalue weighted by molar-refractivity contribution is 7.99. The van der Waals surface area contributed by atoms with Crippen molar-refractivity contribution in [1.82, 2.24) is 10.2 Å². The number of rotatable bonds is 5. The Balaban J connectivity index is 4.07. The van der Waals surface area contributed by atoms with Gasteiger partial charge in [0.25, 0.3) is 0 Å². The number of carbonyl (C=O) groups is 2. The zero-order valence-electron chi connectivity index (χ0n) is 10.0. The van der Waals surface area contributed by atoms with Crippen molar-refractivity contribution >= 4 is 23.6 Å². The van der Waals surface area contributed by atoms with E-state index in [1.165, 1.54) is 16.7 Å². The van der Waals surface area contributed by atoms with E-state index in [0.717, 1.165) is 0 Å². The van der Waals surface area contributed by atoms with Crippen LogP contribution >= 0.6 is 11.8 Å². The third-order valence-corrected chi connectivity index (χ3v) is 2.82. The highest BCUT2D eigenvalue weighted by Gasteiger charge is 2.18. The van der Waals surface area contributed by atoms with E-state index in [1.54, 1.807) is 7.05 Å². The Morgan fingerprint density at radius 2 is 1.87 bits per heavy atom. The first-order valence-electron chi connectivity index (χ1n) is 4.95. The molecule has 0 bridgehead atoms. The quantitative estimate of drug-likeness (QED) is 0.760. The number of amides is 2. The van der Waals surface area contributed by atoms with Gasteiger partial charge < -0.3 is 10.2 Å². The molecule has 1 N–H and O–H groups in total. The van der Waals surface area contributed by atoms with Crippen molar-refractivity contribution in [2.45, 2.75) is 32.1 Å². The Kier molecular flexibility index (Phi) is 6.40. The van der Waals surface area contributed by atoms with Crippen molar-refractivity contribution in [3.8, 4) is 0 Å². The van der Waals surface area contributed by atoms with E-state index in [1.807, 2.05) is 27.0 Å². The second-order valence-electron chi connectivity index (χ2n) is 3.79. The number of hydrogen-bond acceptors (Lipinski definition) is 3. The number of carbonyl (C=O) groups excluding carboxylic acids is 2. The van der Waals surface area contributed by atoms with Gasteiger partial charge >= 0.3 is 0 Å². The largest absolute Gasteiger partial charge is 0.352 e. The molecule has 0 spiro atoms. The molecule has 5 heteroatoms. The molecule has 0 fully saturated rings. The van der Waals surface area contributed by atoms with Gasteiger partial charge in [0.2, 0.25) is 11.8 Å². The molecule has 0 radical (unpaired) electrons. The van der Waals surface area contributed by atoms with Crippen LogP contribution in [0.25, 0.3) is 0 Å². The lowest BCUT2D eigenvalue weighted by Crippen LogP contribution is -2.43. The van der Waals surface area contributed by atoms with E-state index >= 15 is 0 Å². The number of hydrogen-bond donors (Lipinski definition) is 1. The minimum atomic E-state index is -0.117. The molecule has 0 aliphatic heterocycles. The van der Waals surface area contributed by atoms with Crippen molar-refractivity contribution in [3.63, 3.8) is 0 Å². The molecular weight excluding hydrogens is 212 g/mol. The molecule has 1 atom stereocenters. The van der Waals surface area contributed by atoms with Gasteiger partial charge in [-0.25, -0.2) is 0 Å². The summed E-state index contributed by atoms with van der Waals surface area (Å²) < 4.78 is 0. The zero-order chi connectivity index (χ0) is 12.0. The van der Waals surface area contributed by atoms with Crippen LogP contribution < -0.4 is 5.32 Å². The van der Waals surface area contributed by atoms with Gasteiger partial charge in [-0.1, -0.05) is 0 Å². The van der Waals surface area contributed by atoms with Crippen molar-refractivity contribution in [1.29, 1.82) is 0 Å². The molecule has 0 aliphatic carbocycles. The maximum absolute atomic E-state index is 11.6. The minimum absolute atomic E-state index is 0.0126. The van der Waals surface area contributed by atoms with Gasteiger partial charge in [-0.2, -0.15) is 11.8 Å². The van der Waals surface area contributed by atoms with Crippen molar-refractivity contribution in [2.24, 2.45) is 0 Å². The molecule has 0 aliphatic rings. The fraction of sp³-hybridized carbons (Fsp3) is 0.800. The van der Waals surface area contributed by atoms with Gasteiger partial charge in [-0.3, -0.25) is 9.59 Å². The first-order valence-corrected chi connectivity index (χ1v) is 6.24. The molecule has 0 aromatic carbocycles. The normalized spacial score (nSPS) is 12.4. The van der Waals surface area contributed by atoms with Crippen LogP contribution in [0.15, 0.2) is 0 Å². The third kappa shape index (κ3) is 5.67. The summed E-state index contributed by atoms with van der Waals surface area (Å²) in [6.45, 7) is 5.75. The van der Waals surface area contributed by atoms with Crippen LogP contribution in [-0.4, -0.2) is 47.9 Å². The summed E-state index contributed by atoms with van der Waals surface area (Å²) in [6.07, 6.45) is 1.88. The Bertz CT molecular complexity index is 231. The van der Waals surface area contributed by atoms with E-state index in [9.17, 15) is 9.59 Å². The standard InChI is InChI=1S/C10H20N2O2S/c1-7(2)11-9(13)6-12(4)10(14)8(3)15-5/h7-8H,6H2,1-5H3,(H,11,13). The predicted octanol–water partition coefficient (Wildman–Crippen LogP) is 0.721. The van der Waals surface area contributed by atoms with Crippen molar-refractivity contribution in [2.75, 3.05) is 19.8 Å². The second-order valence-corrected chi connectivity index (χ2v) is 4.97. The van der Waals surface area contributed by atoms with Crippen LogP contribution in [-0.2, 0) is 9.59 Å². The SMILES string of the molecule is CSC(C)C(=O)N(C)CC(=O)NC(C)C. The van der Waals surface area contributed by atoms with Gasteiger partial charge in [-0.05, 0) is 27.0 Å². The summed E-state index contributed by atoms with van der Waals surface area (Å²) >= 11 is 1.48.